The van der Waals surface area contributed by atoms with Gasteiger partial charge in [0.15, 0.2) is 5.13 Å². The highest BCUT2D eigenvalue weighted by Crippen LogP contribution is 2.34. The van der Waals surface area contributed by atoms with Crippen molar-refractivity contribution in [2.45, 2.75) is 32.9 Å². The molecule has 4 aromatic rings. The number of thiazole rings is 1. The van der Waals surface area contributed by atoms with Crippen LogP contribution >= 0.6 is 11.3 Å². The molecule has 1 aliphatic carbocycles. The van der Waals surface area contributed by atoms with Crippen molar-refractivity contribution < 1.29 is 27.6 Å². The Morgan fingerprint density at radius 3 is 2.38 bits per heavy atom. The number of amides is 3. The smallest absolute Gasteiger partial charge is 0.336 e. The maximum atomic E-state index is 13.8. The molecule has 45 heavy (non-hydrogen) atoms. The van der Waals surface area contributed by atoms with Crippen molar-refractivity contribution in [2.24, 2.45) is 5.92 Å². The predicted molar refractivity (Wildman–Crippen MR) is 166 cm³/mol. The number of piperazine rings is 1. The summed E-state index contributed by atoms with van der Waals surface area (Å²) in [4.78, 5) is 52.2. The minimum atomic E-state index is -4.71. The molecule has 2 aliphatic rings. The maximum Gasteiger partial charge on any atom is 0.416 e. The zero-order chi connectivity index (χ0) is 31.9. The second kappa shape index (κ2) is 12.2. The first-order valence-electron chi connectivity index (χ1n) is 14.7. The van der Waals surface area contributed by atoms with Gasteiger partial charge in [0, 0.05) is 54.5 Å². The van der Waals surface area contributed by atoms with Crippen LogP contribution in [-0.2, 0) is 11.0 Å². The van der Waals surface area contributed by atoms with Crippen molar-refractivity contribution in [2.75, 3.05) is 43.4 Å². The molecule has 1 saturated carbocycles. The first-order chi connectivity index (χ1) is 21.5. The van der Waals surface area contributed by atoms with Crippen LogP contribution in [0.2, 0.25) is 0 Å². The minimum absolute atomic E-state index is 0.0433. The summed E-state index contributed by atoms with van der Waals surface area (Å²) >= 11 is 1.26. The van der Waals surface area contributed by atoms with Gasteiger partial charge in [-0.2, -0.15) is 13.2 Å². The molecule has 2 aromatic heterocycles. The molecular weight excluding hydrogens is 605 g/mol. The monoisotopic (exact) mass is 636 g/mol. The number of alkyl halides is 3. The average molecular weight is 637 g/mol. The van der Waals surface area contributed by atoms with E-state index in [1.165, 1.54) is 22.3 Å². The largest absolute Gasteiger partial charge is 0.416 e. The SMILES string of the molecule is CCN1CCN(C(=O)c2cc(NC(=O)c3ccc(C)c(-c4ccc5nc(NC(=O)C6CC6)sc5n4)c3)cc(C(F)(F)F)c2)CC1. The van der Waals surface area contributed by atoms with Gasteiger partial charge in [-0.1, -0.05) is 24.3 Å². The third kappa shape index (κ3) is 6.84. The molecule has 2 aromatic carbocycles. The van der Waals surface area contributed by atoms with Crippen molar-refractivity contribution in [3.8, 4) is 11.3 Å². The lowest BCUT2D eigenvalue weighted by atomic mass is 10.0. The van der Waals surface area contributed by atoms with Crippen molar-refractivity contribution in [1.82, 2.24) is 19.8 Å². The van der Waals surface area contributed by atoms with Gasteiger partial charge in [-0.05, 0) is 74.3 Å². The van der Waals surface area contributed by atoms with Crippen LogP contribution in [0.3, 0.4) is 0 Å². The highest BCUT2D eigenvalue weighted by Gasteiger charge is 2.33. The molecule has 13 heteroatoms. The zero-order valence-corrected chi connectivity index (χ0v) is 25.5. The van der Waals surface area contributed by atoms with E-state index in [1.54, 1.807) is 30.3 Å². The van der Waals surface area contributed by atoms with Crippen molar-refractivity contribution in [3.63, 3.8) is 0 Å². The molecule has 1 saturated heterocycles. The van der Waals surface area contributed by atoms with E-state index in [1.807, 2.05) is 13.8 Å². The van der Waals surface area contributed by atoms with E-state index < -0.39 is 23.6 Å². The molecule has 0 spiro atoms. The summed E-state index contributed by atoms with van der Waals surface area (Å²) in [6.07, 6.45) is -2.95. The van der Waals surface area contributed by atoms with Gasteiger partial charge in [0.1, 0.15) is 10.3 Å². The number of nitrogens with one attached hydrogen (secondary N) is 2. The Hall–Kier alpha value is -4.36. The number of anilines is 2. The number of hydrogen-bond acceptors (Lipinski definition) is 7. The van der Waals surface area contributed by atoms with Gasteiger partial charge in [0.2, 0.25) is 5.91 Å². The van der Waals surface area contributed by atoms with Crippen LogP contribution in [0.1, 0.15) is 51.6 Å². The molecule has 2 N–H and O–H groups in total. The number of likely N-dealkylation sites (N-methyl/N-ethyl adjacent to an activating group) is 1. The Bertz CT molecular complexity index is 1790. The van der Waals surface area contributed by atoms with Gasteiger partial charge in [-0.15, -0.1) is 0 Å². The molecule has 3 amide bonds. The quantitative estimate of drug-likeness (QED) is 0.255. The lowest BCUT2D eigenvalue weighted by Crippen LogP contribution is -2.48. The molecule has 9 nitrogen and oxygen atoms in total. The second-order valence-corrected chi connectivity index (χ2v) is 12.3. The Labute approximate surface area is 261 Å². The molecule has 2 fully saturated rings. The third-order valence-corrected chi connectivity index (χ3v) is 8.96. The second-order valence-electron chi connectivity index (χ2n) is 11.3. The molecule has 0 bridgehead atoms. The standard InChI is InChI=1S/C32H31F3N6O3S/c1-3-40-10-12-41(13-11-40)30(44)21-14-22(32(33,34)35)17-23(15-21)36-28(43)20-5-4-18(2)24(16-20)25-8-9-26-29(37-25)45-31(38-26)39-27(42)19-6-7-19/h4-5,8-9,14-17,19H,3,6-7,10-13H2,1-2H3,(H,36,43)(H,38,39,42). The van der Waals surface area contributed by atoms with Gasteiger partial charge < -0.3 is 20.4 Å². The Kier molecular flexibility index (Phi) is 8.31. The highest BCUT2D eigenvalue weighted by molar-refractivity contribution is 7.22. The van der Waals surface area contributed by atoms with E-state index in [0.717, 1.165) is 37.1 Å². The number of halogens is 3. The van der Waals surface area contributed by atoms with E-state index in [2.05, 4.69) is 20.5 Å². The number of aromatic nitrogens is 2. The zero-order valence-electron chi connectivity index (χ0n) is 24.7. The van der Waals surface area contributed by atoms with Crippen LogP contribution < -0.4 is 10.6 Å². The summed E-state index contributed by atoms with van der Waals surface area (Å²) < 4.78 is 41.5. The van der Waals surface area contributed by atoms with Gasteiger partial charge >= 0.3 is 6.18 Å². The number of hydrogen-bond donors (Lipinski definition) is 2. The summed E-state index contributed by atoms with van der Waals surface area (Å²) in [6.45, 7) is 6.82. The van der Waals surface area contributed by atoms with Gasteiger partial charge in [0.05, 0.1) is 11.3 Å². The molecule has 0 radical (unpaired) electrons. The highest BCUT2D eigenvalue weighted by atomic mass is 32.1. The van der Waals surface area contributed by atoms with Gasteiger partial charge in [-0.3, -0.25) is 14.4 Å². The third-order valence-electron chi connectivity index (χ3n) is 8.08. The van der Waals surface area contributed by atoms with Gasteiger partial charge in [-0.25, -0.2) is 9.97 Å². The summed E-state index contributed by atoms with van der Waals surface area (Å²) in [5, 5.41) is 5.87. The number of benzene rings is 2. The normalized spacial score (nSPS) is 15.7. The van der Waals surface area contributed by atoms with Crippen LogP contribution in [0.15, 0.2) is 48.5 Å². The van der Waals surface area contributed by atoms with E-state index in [4.69, 9.17) is 4.98 Å². The molecule has 0 unspecified atom stereocenters. The summed E-state index contributed by atoms with van der Waals surface area (Å²) in [6, 6.07) is 11.5. The Morgan fingerprint density at radius 1 is 0.933 bits per heavy atom. The number of carbonyl (C=O) groups excluding carboxylic acids is 3. The first-order valence-corrected chi connectivity index (χ1v) is 15.5. The predicted octanol–water partition coefficient (Wildman–Crippen LogP) is 6.06. The van der Waals surface area contributed by atoms with E-state index in [9.17, 15) is 27.6 Å². The Balaban J connectivity index is 1.24. The van der Waals surface area contributed by atoms with E-state index in [0.29, 0.717) is 52.9 Å². The summed E-state index contributed by atoms with van der Waals surface area (Å²) in [5.74, 6) is -1.14. The molecular formula is C32H31F3N6O3S. The number of carbonyl (C=O) groups is 3. The molecule has 3 heterocycles. The lowest BCUT2D eigenvalue weighted by molar-refractivity contribution is -0.137. The number of rotatable bonds is 7. The van der Waals surface area contributed by atoms with Crippen LogP contribution in [0.5, 0.6) is 0 Å². The fourth-order valence-electron chi connectivity index (χ4n) is 5.25. The Morgan fingerprint density at radius 2 is 1.69 bits per heavy atom. The summed E-state index contributed by atoms with van der Waals surface area (Å²) in [7, 11) is 0. The van der Waals surface area contributed by atoms with Crippen LogP contribution in [0, 0.1) is 12.8 Å². The number of pyridine rings is 1. The molecule has 234 valence electrons. The summed E-state index contributed by atoms with van der Waals surface area (Å²) in [5.41, 5.74) is 1.63. The molecule has 1 aliphatic heterocycles. The van der Waals surface area contributed by atoms with E-state index >= 15 is 0 Å². The van der Waals surface area contributed by atoms with Crippen molar-refractivity contribution in [1.29, 1.82) is 0 Å². The maximum absolute atomic E-state index is 13.8. The average Bonchev–Trinajstić information content (AvgIpc) is 3.80. The first kappa shape index (κ1) is 30.7. The lowest BCUT2D eigenvalue weighted by Gasteiger charge is -2.34. The fourth-order valence-corrected chi connectivity index (χ4v) is 6.09. The van der Waals surface area contributed by atoms with Crippen molar-refractivity contribution in [3.05, 3.63) is 70.8 Å². The topological polar surface area (TPSA) is 108 Å². The number of nitrogens with zero attached hydrogens (tertiary/aromatic N) is 4. The molecule has 6 rings (SSSR count). The van der Waals surface area contributed by atoms with Gasteiger partial charge in [0.25, 0.3) is 11.8 Å². The minimum Gasteiger partial charge on any atom is -0.336 e. The van der Waals surface area contributed by atoms with Crippen molar-refractivity contribution >= 4 is 50.2 Å². The van der Waals surface area contributed by atoms with Crippen LogP contribution in [-0.4, -0.2) is 70.2 Å². The number of fused-ring (bicyclic) bond motifs is 1. The van der Waals surface area contributed by atoms with Crippen LogP contribution in [0.25, 0.3) is 21.6 Å². The molecule has 0 atom stereocenters. The van der Waals surface area contributed by atoms with E-state index in [-0.39, 0.29) is 28.6 Å². The number of aryl methyl sites for hydroxylation is 1. The fraction of sp³-hybridized carbons (Fsp3) is 0.344. The van der Waals surface area contributed by atoms with Crippen LogP contribution in [0.4, 0.5) is 24.0 Å².